The SMILES string of the molecule is CC1(C)C(C(=O)OCc2cccc(Oc3ccccc3)c2)C1(Cl)C(F)(F)F. The van der Waals surface area contributed by atoms with E-state index in [1.807, 2.05) is 18.2 Å². The molecule has 7 heteroatoms. The highest BCUT2D eigenvalue weighted by Gasteiger charge is 2.85. The van der Waals surface area contributed by atoms with E-state index >= 15 is 0 Å². The maximum Gasteiger partial charge on any atom is 0.409 e. The summed E-state index contributed by atoms with van der Waals surface area (Å²) in [5.74, 6) is -1.22. The molecule has 0 spiro atoms. The van der Waals surface area contributed by atoms with Crippen LogP contribution in [0.25, 0.3) is 0 Å². The van der Waals surface area contributed by atoms with Crippen molar-refractivity contribution in [2.45, 2.75) is 31.5 Å². The van der Waals surface area contributed by atoms with Crippen LogP contribution in [-0.4, -0.2) is 17.0 Å². The van der Waals surface area contributed by atoms with Crippen LogP contribution < -0.4 is 4.74 Å². The van der Waals surface area contributed by atoms with Crippen LogP contribution in [0.1, 0.15) is 19.4 Å². The molecule has 27 heavy (non-hydrogen) atoms. The Bertz CT molecular complexity index is 836. The Morgan fingerprint density at radius 1 is 1.07 bits per heavy atom. The molecular formula is C20H18ClF3O3. The number of halogens is 4. The summed E-state index contributed by atoms with van der Waals surface area (Å²) in [5.41, 5.74) is -0.815. The number of para-hydroxylation sites is 1. The van der Waals surface area contributed by atoms with Gasteiger partial charge >= 0.3 is 12.1 Å². The zero-order chi connectivity index (χ0) is 19.9. The topological polar surface area (TPSA) is 35.5 Å². The van der Waals surface area contributed by atoms with Gasteiger partial charge in [0.15, 0.2) is 4.87 Å². The molecule has 0 aromatic heterocycles. The molecule has 3 nitrogen and oxygen atoms in total. The molecule has 0 N–H and O–H groups in total. The van der Waals surface area contributed by atoms with E-state index in [1.54, 1.807) is 36.4 Å². The molecule has 0 heterocycles. The van der Waals surface area contributed by atoms with Gasteiger partial charge in [-0.25, -0.2) is 0 Å². The predicted octanol–water partition coefficient (Wildman–Crippen LogP) is 5.72. The number of hydrogen-bond donors (Lipinski definition) is 0. The molecule has 2 atom stereocenters. The van der Waals surface area contributed by atoms with Gasteiger partial charge in [0.2, 0.25) is 0 Å². The molecule has 1 fully saturated rings. The third-order valence-corrected chi connectivity index (χ3v) is 5.80. The van der Waals surface area contributed by atoms with Crippen molar-refractivity contribution in [2.75, 3.05) is 0 Å². The summed E-state index contributed by atoms with van der Waals surface area (Å²) in [6.45, 7) is 2.46. The van der Waals surface area contributed by atoms with Gasteiger partial charge in [0, 0.05) is 5.41 Å². The first-order valence-corrected chi connectivity index (χ1v) is 8.69. The van der Waals surface area contributed by atoms with Gasteiger partial charge in [-0.15, -0.1) is 11.6 Å². The molecule has 1 saturated carbocycles. The quantitative estimate of drug-likeness (QED) is 0.477. The first-order chi connectivity index (χ1) is 12.6. The van der Waals surface area contributed by atoms with Crippen LogP contribution in [0.3, 0.4) is 0 Å². The van der Waals surface area contributed by atoms with Gasteiger partial charge < -0.3 is 9.47 Å². The largest absolute Gasteiger partial charge is 0.461 e. The molecule has 2 aromatic rings. The average molecular weight is 399 g/mol. The number of benzene rings is 2. The summed E-state index contributed by atoms with van der Waals surface area (Å²) in [7, 11) is 0. The fraction of sp³-hybridized carbons (Fsp3) is 0.350. The maximum atomic E-state index is 13.2. The van der Waals surface area contributed by atoms with E-state index in [4.69, 9.17) is 21.1 Å². The average Bonchev–Trinajstić information content (AvgIpc) is 3.08. The molecule has 0 bridgehead atoms. The number of esters is 1. The van der Waals surface area contributed by atoms with Crippen molar-refractivity contribution in [1.29, 1.82) is 0 Å². The lowest BCUT2D eigenvalue weighted by Crippen LogP contribution is -2.32. The summed E-state index contributed by atoms with van der Waals surface area (Å²) in [6.07, 6.45) is -4.69. The Kier molecular flexibility index (Phi) is 4.89. The van der Waals surface area contributed by atoms with Crippen LogP contribution in [0.2, 0.25) is 0 Å². The zero-order valence-corrected chi connectivity index (χ0v) is 15.5. The monoisotopic (exact) mass is 398 g/mol. The molecule has 0 saturated heterocycles. The molecule has 1 aliphatic rings. The highest BCUT2D eigenvalue weighted by atomic mass is 35.5. The summed E-state index contributed by atoms with van der Waals surface area (Å²) in [5, 5.41) is 0. The number of ether oxygens (including phenoxy) is 2. The van der Waals surface area contributed by atoms with Gasteiger partial charge in [0.1, 0.15) is 18.1 Å². The summed E-state index contributed by atoms with van der Waals surface area (Å²) < 4.78 is 50.4. The Morgan fingerprint density at radius 3 is 2.30 bits per heavy atom. The van der Waals surface area contributed by atoms with E-state index in [2.05, 4.69) is 0 Å². The first-order valence-electron chi connectivity index (χ1n) is 8.31. The lowest BCUT2D eigenvalue weighted by atomic mass is 10.1. The lowest BCUT2D eigenvalue weighted by molar-refractivity contribution is -0.159. The molecule has 0 radical (unpaired) electrons. The van der Waals surface area contributed by atoms with Crippen molar-refractivity contribution in [2.24, 2.45) is 11.3 Å². The van der Waals surface area contributed by atoms with E-state index in [9.17, 15) is 18.0 Å². The van der Waals surface area contributed by atoms with Crippen LogP contribution in [0, 0.1) is 11.3 Å². The minimum atomic E-state index is -4.69. The second-order valence-corrected chi connectivity index (χ2v) is 7.63. The Labute approximate surface area is 160 Å². The van der Waals surface area contributed by atoms with Gasteiger partial charge in [-0.3, -0.25) is 4.79 Å². The van der Waals surface area contributed by atoms with Gasteiger partial charge in [-0.1, -0.05) is 44.2 Å². The predicted molar refractivity (Wildman–Crippen MR) is 94.7 cm³/mol. The fourth-order valence-electron chi connectivity index (χ4n) is 3.26. The third-order valence-electron chi connectivity index (χ3n) is 4.88. The lowest BCUT2D eigenvalue weighted by Gasteiger charge is -2.15. The van der Waals surface area contributed by atoms with E-state index in [0.717, 1.165) is 0 Å². The summed E-state index contributed by atoms with van der Waals surface area (Å²) in [4.78, 5) is 9.61. The summed E-state index contributed by atoms with van der Waals surface area (Å²) >= 11 is 5.72. The summed E-state index contributed by atoms with van der Waals surface area (Å²) in [6, 6.07) is 15.9. The van der Waals surface area contributed by atoms with Crippen molar-refractivity contribution in [1.82, 2.24) is 0 Å². The number of carbonyl (C=O) groups excluding carboxylic acids is 1. The third kappa shape index (κ3) is 3.50. The van der Waals surface area contributed by atoms with Crippen molar-refractivity contribution < 1.29 is 27.4 Å². The standard InChI is InChI=1S/C20H18ClF3O3/c1-18(2)16(19(18,21)20(22,23)24)17(25)26-12-13-7-6-10-15(11-13)27-14-8-4-3-5-9-14/h3-11,16H,12H2,1-2H3. The van der Waals surface area contributed by atoms with Crippen LogP contribution >= 0.6 is 11.6 Å². The van der Waals surface area contributed by atoms with Crippen LogP contribution in [0.4, 0.5) is 13.2 Å². The normalized spacial score (nSPS) is 23.6. The van der Waals surface area contributed by atoms with Crippen molar-refractivity contribution >= 4 is 17.6 Å². The van der Waals surface area contributed by atoms with Crippen LogP contribution in [-0.2, 0) is 16.1 Å². The number of carbonyl (C=O) groups is 1. The van der Waals surface area contributed by atoms with Gasteiger partial charge in [-0.2, -0.15) is 13.2 Å². The van der Waals surface area contributed by atoms with Crippen LogP contribution in [0.15, 0.2) is 54.6 Å². The highest BCUT2D eigenvalue weighted by molar-refractivity contribution is 6.30. The fourth-order valence-corrected chi connectivity index (χ4v) is 3.67. The molecular weight excluding hydrogens is 381 g/mol. The Morgan fingerprint density at radius 2 is 1.70 bits per heavy atom. The van der Waals surface area contributed by atoms with E-state index < -0.39 is 28.4 Å². The Hall–Kier alpha value is -2.21. The van der Waals surface area contributed by atoms with Gasteiger partial charge in [0.05, 0.1) is 5.92 Å². The van der Waals surface area contributed by atoms with Gasteiger partial charge in [0.25, 0.3) is 0 Å². The number of rotatable bonds is 5. The molecule has 2 unspecified atom stereocenters. The second-order valence-electron chi connectivity index (χ2n) is 7.03. The number of hydrogen-bond acceptors (Lipinski definition) is 3. The minimum absolute atomic E-state index is 0.164. The highest BCUT2D eigenvalue weighted by Crippen LogP contribution is 2.72. The van der Waals surface area contributed by atoms with Gasteiger partial charge in [-0.05, 0) is 29.8 Å². The first kappa shape index (κ1) is 19.5. The van der Waals surface area contributed by atoms with E-state index in [0.29, 0.717) is 17.1 Å². The molecule has 0 aliphatic heterocycles. The molecule has 0 amide bonds. The molecule has 1 aliphatic carbocycles. The van der Waals surface area contributed by atoms with E-state index in [1.165, 1.54) is 13.8 Å². The maximum absolute atomic E-state index is 13.2. The van der Waals surface area contributed by atoms with Crippen molar-refractivity contribution in [3.05, 3.63) is 60.2 Å². The van der Waals surface area contributed by atoms with Crippen molar-refractivity contribution in [3.8, 4) is 11.5 Å². The second kappa shape index (κ2) is 6.75. The Balaban J connectivity index is 1.64. The molecule has 3 rings (SSSR count). The van der Waals surface area contributed by atoms with Crippen LogP contribution in [0.5, 0.6) is 11.5 Å². The minimum Gasteiger partial charge on any atom is -0.461 e. The van der Waals surface area contributed by atoms with Crippen molar-refractivity contribution in [3.63, 3.8) is 0 Å². The smallest absolute Gasteiger partial charge is 0.409 e. The molecule has 2 aromatic carbocycles. The molecule has 144 valence electrons. The number of alkyl halides is 4. The van der Waals surface area contributed by atoms with E-state index in [-0.39, 0.29) is 6.61 Å². The zero-order valence-electron chi connectivity index (χ0n) is 14.7.